The lowest BCUT2D eigenvalue weighted by Gasteiger charge is -1.99. The van der Waals surface area contributed by atoms with Crippen LogP contribution in [0, 0.1) is 5.92 Å². The molecule has 5 heteroatoms. The van der Waals surface area contributed by atoms with Crippen LogP contribution in [-0.4, -0.2) is 22.6 Å². The predicted molar refractivity (Wildman–Crippen MR) is 51.5 cm³/mol. The van der Waals surface area contributed by atoms with Crippen molar-refractivity contribution in [3.05, 3.63) is 17.5 Å². The van der Waals surface area contributed by atoms with E-state index in [1.165, 1.54) is 12.8 Å². The average molecular weight is 194 g/mol. The Balaban J connectivity index is 1.88. The van der Waals surface area contributed by atoms with Crippen LogP contribution >= 0.6 is 0 Å². The van der Waals surface area contributed by atoms with Gasteiger partial charge in [0.05, 0.1) is 0 Å². The van der Waals surface area contributed by atoms with Crippen molar-refractivity contribution in [3.8, 4) is 0 Å². The van der Waals surface area contributed by atoms with E-state index in [1.54, 1.807) is 6.07 Å². The molecule has 0 aromatic carbocycles. The minimum absolute atomic E-state index is 0.118. The highest BCUT2D eigenvalue weighted by molar-refractivity contribution is 5.92. The molecule has 1 heterocycles. The molecule has 5 nitrogen and oxygen atoms in total. The first kappa shape index (κ1) is 9.21. The quantitative estimate of drug-likeness (QED) is 0.631. The van der Waals surface area contributed by atoms with E-state index >= 15 is 0 Å². The summed E-state index contributed by atoms with van der Waals surface area (Å²) in [6.45, 7) is 1.15. The van der Waals surface area contributed by atoms with Crippen molar-refractivity contribution in [2.75, 3.05) is 6.54 Å². The van der Waals surface area contributed by atoms with E-state index in [1.807, 2.05) is 0 Å². The molecule has 1 aliphatic rings. The van der Waals surface area contributed by atoms with Crippen LogP contribution in [0.2, 0.25) is 0 Å². The van der Waals surface area contributed by atoms with E-state index in [9.17, 15) is 4.79 Å². The number of rotatable bonds is 4. The zero-order valence-electron chi connectivity index (χ0n) is 7.92. The van der Waals surface area contributed by atoms with Crippen molar-refractivity contribution in [1.29, 1.82) is 0 Å². The summed E-state index contributed by atoms with van der Waals surface area (Å²) in [5, 5.41) is 9.41. The molecule has 0 aliphatic heterocycles. The molecule has 1 saturated carbocycles. The van der Waals surface area contributed by atoms with Crippen LogP contribution in [0.15, 0.2) is 6.07 Å². The third-order valence-corrected chi connectivity index (χ3v) is 2.33. The molecule has 1 amide bonds. The molecule has 76 valence electrons. The van der Waals surface area contributed by atoms with Crippen LogP contribution in [0.25, 0.3) is 0 Å². The number of nitrogens with two attached hydrogens (primary N) is 1. The second kappa shape index (κ2) is 3.79. The number of nitrogens with zero attached hydrogens (tertiary/aromatic N) is 1. The highest BCUT2D eigenvalue weighted by atomic mass is 16.1. The Kier molecular flexibility index (Phi) is 2.49. The second-order valence-corrected chi connectivity index (χ2v) is 3.64. The van der Waals surface area contributed by atoms with E-state index in [4.69, 9.17) is 5.73 Å². The molecule has 0 unspecified atom stereocenters. The SMILES string of the molecule is NCc1cc(C(=O)NCC2CC2)n[nH]1. The molecular formula is C9H14N4O. The summed E-state index contributed by atoms with van der Waals surface area (Å²) in [6.07, 6.45) is 2.46. The second-order valence-electron chi connectivity index (χ2n) is 3.64. The van der Waals surface area contributed by atoms with Gasteiger partial charge in [0.2, 0.25) is 0 Å². The molecule has 0 spiro atoms. The molecule has 1 aliphatic carbocycles. The fraction of sp³-hybridized carbons (Fsp3) is 0.556. The Hall–Kier alpha value is -1.36. The number of aromatic nitrogens is 2. The molecule has 1 aromatic heterocycles. The number of H-pyrrole nitrogens is 1. The zero-order chi connectivity index (χ0) is 9.97. The number of hydrogen-bond donors (Lipinski definition) is 3. The van der Waals surface area contributed by atoms with Gasteiger partial charge in [0.1, 0.15) is 5.69 Å². The molecule has 2 rings (SSSR count). The Morgan fingerprint density at radius 3 is 3.07 bits per heavy atom. The highest BCUT2D eigenvalue weighted by Crippen LogP contribution is 2.27. The smallest absolute Gasteiger partial charge is 0.271 e. The maximum Gasteiger partial charge on any atom is 0.271 e. The summed E-state index contributed by atoms with van der Waals surface area (Å²) in [7, 11) is 0. The normalized spacial score (nSPS) is 15.5. The summed E-state index contributed by atoms with van der Waals surface area (Å²) >= 11 is 0. The Labute approximate surface area is 82.1 Å². The first-order valence-corrected chi connectivity index (χ1v) is 4.82. The van der Waals surface area contributed by atoms with Gasteiger partial charge in [-0.1, -0.05) is 0 Å². The molecule has 1 fully saturated rings. The van der Waals surface area contributed by atoms with E-state index in [2.05, 4.69) is 15.5 Å². The Morgan fingerprint density at radius 2 is 2.50 bits per heavy atom. The zero-order valence-corrected chi connectivity index (χ0v) is 7.92. The topological polar surface area (TPSA) is 83.8 Å². The largest absolute Gasteiger partial charge is 0.350 e. The van der Waals surface area contributed by atoms with Gasteiger partial charge in [-0.05, 0) is 24.8 Å². The van der Waals surface area contributed by atoms with Gasteiger partial charge in [-0.2, -0.15) is 5.10 Å². The molecule has 4 N–H and O–H groups in total. The number of carbonyl (C=O) groups is 1. The highest BCUT2D eigenvalue weighted by Gasteiger charge is 2.22. The van der Waals surface area contributed by atoms with E-state index in [0.29, 0.717) is 18.2 Å². The minimum Gasteiger partial charge on any atom is -0.350 e. The van der Waals surface area contributed by atoms with E-state index in [0.717, 1.165) is 12.2 Å². The van der Waals surface area contributed by atoms with Gasteiger partial charge in [0, 0.05) is 18.8 Å². The molecule has 0 atom stereocenters. The molecular weight excluding hydrogens is 180 g/mol. The van der Waals surface area contributed by atoms with Crippen LogP contribution in [0.3, 0.4) is 0 Å². The number of amides is 1. The van der Waals surface area contributed by atoms with Crippen molar-refractivity contribution in [1.82, 2.24) is 15.5 Å². The number of carbonyl (C=O) groups excluding carboxylic acids is 1. The van der Waals surface area contributed by atoms with Crippen molar-refractivity contribution in [3.63, 3.8) is 0 Å². The summed E-state index contributed by atoms with van der Waals surface area (Å²) in [5.74, 6) is 0.569. The maximum atomic E-state index is 11.5. The van der Waals surface area contributed by atoms with Gasteiger partial charge >= 0.3 is 0 Å². The fourth-order valence-electron chi connectivity index (χ4n) is 1.23. The van der Waals surface area contributed by atoms with Crippen LogP contribution in [-0.2, 0) is 6.54 Å². The standard InChI is InChI=1S/C9H14N4O/c10-4-7-3-8(13-12-7)9(14)11-5-6-1-2-6/h3,6H,1-2,4-5,10H2,(H,11,14)(H,12,13). The minimum atomic E-state index is -0.118. The number of nitrogens with one attached hydrogen (secondary N) is 2. The van der Waals surface area contributed by atoms with Crippen LogP contribution in [0.5, 0.6) is 0 Å². The molecule has 1 aromatic rings. The lowest BCUT2D eigenvalue weighted by Crippen LogP contribution is -2.25. The van der Waals surface area contributed by atoms with Crippen LogP contribution in [0.1, 0.15) is 29.0 Å². The van der Waals surface area contributed by atoms with E-state index < -0.39 is 0 Å². The molecule has 0 bridgehead atoms. The van der Waals surface area contributed by atoms with Crippen molar-refractivity contribution in [2.45, 2.75) is 19.4 Å². The maximum absolute atomic E-state index is 11.5. The van der Waals surface area contributed by atoms with Crippen LogP contribution in [0.4, 0.5) is 0 Å². The number of hydrogen-bond acceptors (Lipinski definition) is 3. The van der Waals surface area contributed by atoms with Crippen LogP contribution < -0.4 is 11.1 Å². The Bertz CT molecular complexity index is 329. The van der Waals surface area contributed by atoms with Gasteiger partial charge in [-0.3, -0.25) is 9.89 Å². The lowest BCUT2D eigenvalue weighted by atomic mass is 10.3. The lowest BCUT2D eigenvalue weighted by molar-refractivity contribution is 0.0947. The van der Waals surface area contributed by atoms with Gasteiger partial charge in [0.25, 0.3) is 5.91 Å². The van der Waals surface area contributed by atoms with Gasteiger partial charge in [-0.15, -0.1) is 0 Å². The first-order valence-electron chi connectivity index (χ1n) is 4.82. The summed E-state index contributed by atoms with van der Waals surface area (Å²) in [4.78, 5) is 11.5. The Morgan fingerprint density at radius 1 is 1.71 bits per heavy atom. The van der Waals surface area contributed by atoms with Crippen molar-refractivity contribution < 1.29 is 4.79 Å². The summed E-state index contributed by atoms with van der Waals surface area (Å²) in [5.41, 5.74) is 6.59. The monoisotopic (exact) mass is 194 g/mol. The predicted octanol–water partition coefficient (Wildman–Crippen LogP) is 0.00820. The average Bonchev–Trinajstić information content (AvgIpc) is 2.90. The summed E-state index contributed by atoms with van der Waals surface area (Å²) < 4.78 is 0. The van der Waals surface area contributed by atoms with Gasteiger partial charge in [-0.25, -0.2) is 0 Å². The molecule has 0 saturated heterocycles. The van der Waals surface area contributed by atoms with Crippen molar-refractivity contribution in [2.24, 2.45) is 11.7 Å². The third kappa shape index (κ3) is 2.11. The van der Waals surface area contributed by atoms with Gasteiger partial charge < -0.3 is 11.1 Å². The van der Waals surface area contributed by atoms with Gasteiger partial charge in [0.15, 0.2) is 0 Å². The fourth-order valence-corrected chi connectivity index (χ4v) is 1.23. The van der Waals surface area contributed by atoms with E-state index in [-0.39, 0.29) is 5.91 Å². The number of aromatic amines is 1. The summed E-state index contributed by atoms with van der Waals surface area (Å²) in [6, 6.07) is 1.68. The van der Waals surface area contributed by atoms with Crippen molar-refractivity contribution >= 4 is 5.91 Å². The third-order valence-electron chi connectivity index (χ3n) is 2.33. The molecule has 0 radical (unpaired) electrons. The molecule has 14 heavy (non-hydrogen) atoms. The first-order chi connectivity index (χ1) is 6.79.